The third kappa shape index (κ3) is 2.57. The first-order valence-electron chi connectivity index (χ1n) is 7.79. The number of carbonyl (C=O) groups is 1. The number of aromatic carboxylic acids is 1. The van der Waals surface area contributed by atoms with Crippen molar-refractivity contribution in [3.8, 4) is 11.6 Å². The minimum Gasteiger partial charge on any atom is -0.476 e. The van der Waals surface area contributed by atoms with Crippen molar-refractivity contribution >= 4 is 27.8 Å². The maximum absolute atomic E-state index is 11.2. The summed E-state index contributed by atoms with van der Waals surface area (Å²) in [6.07, 6.45) is 0. The van der Waals surface area contributed by atoms with Crippen LogP contribution >= 0.6 is 0 Å². The predicted molar refractivity (Wildman–Crippen MR) is 94.3 cm³/mol. The Balaban J connectivity index is 1.81. The fraction of sp³-hybridized carbons (Fsp3) is 0.105. The lowest BCUT2D eigenvalue weighted by atomic mass is 10.1. The lowest BCUT2D eigenvalue weighted by Gasteiger charge is -2.09. The second-order valence-corrected chi connectivity index (χ2v) is 5.96. The Morgan fingerprint density at radius 2 is 1.96 bits per heavy atom. The predicted octanol–water partition coefficient (Wildman–Crippen LogP) is 4.22. The molecule has 2 aromatic carbocycles. The number of nitrogens with one attached hydrogen (secondary N) is 1. The van der Waals surface area contributed by atoms with Crippen LogP contribution < -0.4 is 4.74 Å². The van der Waals surface area contributed by atoms with Gasteiger partial charge in [-0.3, -0.25) is 5.10 Å². The van der Waals surface area contributed by atoms with Crippen molar-refractivity contribution in [2.75, 3.05) is 0 Å². The van der Waals surface area contributed by atoms with Crippen LogP contribution in [0.3, 0.4) is 0 Å². The van der Waals surface area contributed by atoms with Gasteiger partial charge in [-0.1, -0.05) is 24.3 Å². The van der Waals surface area contributed by atoms with Crippen LogP contribution in [0.25, 0.3) is 21.8 Å². The molecule has 124 valence electrons. The number of para-hydroxylation sites is 1. The molecule has 6 nitrogen and oxygen atoms in total. The lowest BCUT2D eigenvalue weighted by molar-refractivity contribution is 0.0692. The number of aryl methyl sites for hydroxylation is 2. The van der Waals surface area contributed by atoms with Crippen molar-refractivity contribution in [3.05, 3.63) is 59.3 Å². The van der Waals surface area contributed by atoms with Gasteiger partial charge in [0.15, 0.2) is 11.4 Å². The van der Waals surface area contributed by atoms with E-state index in [1.807, 2.05) is 32.0 Å². The molecule has 2 N–H and O–H groups in total. The first-order chi connectivity index (χ1) is 12.0. The average Bonchev–Trinajstić information content (AvgIpc) is 2.99. The Morgan fingerprint density at radius 1 is 1.12 bits per heavy atom. The number of H-pyrrole nitrogens is 1. The van der Waals surface area contributed by atoms with Gasteiger partial charge >= 0.3 is 5.97 Å². The first kappa shape index (κ1) is 15.1. The minimum absolute atomic E-state index is 0.0290. The standard InChI is InChI=1S/C19H15N3O3/c1-10-6-7-12-11(2)9-16(20-14(12)8-10)25-15-5-3-4-13-17(15)21-22-18(13)19(23)24/h3-9H,1-2H3,(H,21,22)(H,23,24). The molecule has 4 aromatic rings. The fourth-order valence-electron chi connectivity index (χ4n) is 2.91. The number of fused-ring (bicyclic) bond motifs is 2. The number of carboxylic acids is 1. The summed E-state index contributed by atoms with van der Waals surface area (Å²) in [5.74, 6) is -0.149. The number of rotatable bonds is 3. The van der Waals surface area contributed by atoms with Crippen LogP contribution in [0.15, 0.2) is 42.5 Å². The molecule has 0 bridgehead atoms. The van der Waals surface area contributed by atoms with E-state index in [0.29, 0.717) is 22.5 Å². The summed E-state index contributed by atoms with van der Waals surface area (Å²) < 4.78 is 5.94. The Hall–Kier alpha value is -3.41. The molecular formula is C19H15N3O3. The first-order valence-corrected chi connectivity index (χ1v) is 7.79. The lowest BCUT2D eigenvalue weighted by Crippen LogP contribution is -1.96. The summed E-state index contributed by atoms with van der Waals surface area (Å²) >= 11 is 0. The molecular weight excluding hydrogens is 318 g/mol. The van der Waals surface area contributed by atoms with E-state index in [4.69, 9.17) is 4.74 Å². The van der Waals surface area contributed by atoms with E-state index in [1.165, 1.54) is 0 Å². The quantitative estimate of drug-likeness (QED) is 0.586. The number of ether oxygens (including phenoxy) is 1. The van der Waals surface area contributed by atoms with Gasteiger partial charge in [0.05, 0.1) is 5.52 Å². The van der Waals surface area contributed by atoms with Crippen LogP contribution in [0.1, 0.15) is 21.6 Å². The van der Waals surface area contributed by atoms with E-state index in [2.05, 4.69) is 21.2 Å². The highest BCUT2D eigenvalue weighted by Gasteiger charge is 2.16. The van der Waals surface area contributed by atoms with Crippen LogP contribution in [0.5, 0.6) is 11.6 Å². The molecule has 2 heterocycles. The molecule has 0 saturated heterocycles. The molecule has 0 aliphatic heterocycles. The van der Waals surface area contributed by atoms with Gasteiger partial charge in [-0.15, -0.1) is 0 Å². The summed E-state index contributed by atoms with van der Waals surface area (Å²) in [6, 6.07) is 13.2. The number of benzene rings is 2. The number of pyridine rings is 1. The molecule has 0 saturated carbocycles. The van der Waals surface area contributed by atoms with Gasteiger partial charge in [0, 0.05) is 16.8 Å². The van der Waals surface area contributed by atoms with Crippen LogP contribution in [0.2, 0.25) is 0 Å². The summed E-state index contributed by atoms with van der Waals surface area (Å²) in [6.45, 7) is 4.02. The zero-order valence-corrected chi connectivity index (χ0v) is 13.7. The van der Waals surface area contributed by atoms with Crippen molar-refractivity contribution in [2.24, 2.45) is 0 Å². The summed E-state index contributed by atoms with van der Waals surface area (Å²) in [5.41, 5.74) is 3.54. The molecule has 0 atom stereocenters. The second-order valence-electron chi connectivity index (χ2n) is 5.96. The van der Waals surface area contributed by atoms with E-state index < -0.39 is 5.97 Å². The Morgan fingerprint density at radius 3 is 2.76 bits per heavy atom. The van der Waals surface area contributed by atoms with Crippen molar-refractivity contribution in [1.82, 2.24) is 15.2 Å². The van der Waals surface area contributed by atoms with Gasteiger partial charge in [0.25, 0.3) is 0 Å². The third-order valence-electron chi connectivity index (χ3n) is 4.13. The van der Waals surface area contributed by atoms with Crippen molar-refractivity contribution in [1.29, 1.82) is 0 Å². The molecule has 0 aliphatic rings. The molecule has 0 radical (unpaired) electrons. The van der Waals surface area contributed by atoms with E-state index in [0.717, 1.165) is 22.0 Å². The highest BCUT2D eigenvalue weighted by Crippen LogP contribution is 2.31. The van der Waals surface area contributed by atoms with Crippen molar-refractivity contribution in [3.63, 3.8) is 0 Å². The monoisotopic (exact) mass is 333 g/mol. The van der Waals surface area contributed by atoms with E-state index >= 15 is 0 Å². The maximum Gasteiger partial charge on any atom is 0.357 e. The number of carboxylic acid groups (broad SMARTS) is 1. The molecule has 0 unspecified atom stereocenters. The molecule has 25 heavy (non-hydrogen) atoms. The fourth-order valence-corrected chi connectivity index (χ4v) is 2.91. The maximum atomic E-state index is 11.2. The van der Waals surface area contributed by atoms with Crippen molar-refractivity contribution < 1.29 is 14.6 Å². The molecule has 0 aliphatic carbocycles. The summed E-state index contributed by atoms with van der Waals surface area (Å²) in [7, 11) is 0. The Kier molecular flexibility index (Phi) is 3.39. The SMILES string of the molecule is Cc1ccc2c(C)cc(Oc3cccc4c(C(=O)O)n[nH]c34)nc2c1. The molecule has 2 aromatic heterocycles. The van der Waals surface area contributed by atoms with E-state index in [-0.39, 0.29) is 5.69 Å². The number of nitrogens with zero attached hydrogens (tertiary/aromatic N) is 2. The molecule has 0 spiro atoms. The highest BCUT2D eigenvalue weighted by atomic mass is 16.5. The van der Waals surface area contributed by atoms with Gasteiger partial charge in [-0.2, -0.15) is 5.10 Å². The van der Waals surface area contributed by atoms with Gasteiger partial charge in [-0.05, 0) is 37.1 Å². The van der Waals surface area contributed by atoms with Gasteiger partial charge in [0.2, 0.25) is 5.88 Å². The van der Waals surface area contributed by atoms with Crippen LogP contribution in [-0.4, -0.2) is 26.3 Å². The largest absolute Gasteiger partial charge is 0.476 e. The number of aromatic nitrogens is 3. The molecule has 4 rings (SSSR count). The normalized spacial score (nSPS) is 11.1. The number of aromatic amines is 1. The smallest absolute Gasteiger partial charge is 0.357 e. The Labute approximate surface area is 143 Å². The topological polar surface area (TPSA) is 88.1 Å². The van der Waals surface area contributed by atoms with Crippen LogP contribution in [0.4, 0.5) is 0 Å². The van der Waals surface area contributed by atoms with Crippen LogP contribution in [-0.2, 0) is 0 Å². The molecule has 0 amide bonds. The molecule has 6 heteroatoms. The second kappa shape index (κ2) is 5.59. The summed E-state index contributed by atoms with van der Waals surface area (Å²) in [4.78, 5) is 15.8. The zero-order chi connectivity index (χ0) is 17.6. The number of hydrogen-bond acceptors (Lipinski definition) is 4. The van der Waals surface area contributed by atoms with Gasteiger partial charge in [0.1, 0.15) is 5.52 Å². The average molecular weight is 333 g/mol. The van der Waals surface area contributed by atoms with Crippen LogP contribution in [0, 0.1) is 13.8 Å². The zero-order valence-electron chi connectivity index (χ0n) is 13.7. The van der Waals surface area contributed by atoms with Crippen molar-refractivity contribution in [2.45, 2.75) is 13.8 Å². The van der Waals surface area contributed by atoms with E-state index in [9.17, 15) is 9.90 Å². The number of hydrogen-bond donors (Lipinski definition) is 2. The minimum atomic E-state index is -1.08. The highest BCUT2D eigenvalue weighted by molar-refractivity contribution is 6.02. The van der Waals surface area contributed by atoms with E-state index in [1.54, 1.807) is 18.2 Å². The van der Waals surface area contributed by atoms with Gasteiger partial charge < -0.3 is 9.84 Å². The summed E-state index contributed by atoms with van der Waals surface area (Å²) in [5, 5.41) is 17.4. The third-order valence-corrected chi connectivity index (χ3v) is 4.13. The molecule has 0 fully saturated rings. The Bertz CT molecular complexity index is 1130. The van der Waals surface area contributed by atoms with Gasteiger partial charge in [-0.25, -0.2) is 9.78 Å².